The van der Waals surface area contributed by atoms with E-state index >= 15 is 0 Å². The van der Waals surface area contributed by atoms with Gasteiger partial charge in [-0.05, 0) is 77.0 Å². The van der Waals surface area contributed by atoms with Crippen molar-refractivity contribution in [3.05, 3.63) is 60.8 Å². The summed E-state index contributed by atoms with van der Waals surface area (Å²) in [6.45, 7) is 1.75. The summed E-state index contributed by atoms with van der Waals surface area (Å²) >= 11 is 0. The number of carbonyl (C=O) groups excluding carboxylic acids is 1. The molecular weight excluding hydrogens is 1380 g/mol. The molecule has 3 aliphatic rings. The van der Waals surface area contributed by atoms with E-state index in [0.29, 0.717) is 12.8 Å². The zero-order valence-corrected chi connectivity index (χ0v) is 68.8. The molecule has 19 heteroatoms. The zero-order valence-electron chi connectivity index (χ0n) is 68.8. The maximum Gasteiger partial charge on any atom is 0.220 e. The van der Waals surface area contributed by atoms with Crippen LogP contribution in [0.4, 0.5) is 0 Å². The van der Waals surface area contributed by atoms with Crippen LogP contribution in [0.3, 0.4) is 0 Å². The Morgan fingerprint density at radius 1 is 0.330 bits per heavy atom. The number of allylic oxidation sites excluding steroid dienone is 9. The highest BCUT2D eigenvalue weighted by atomic mass is 16.8. The number of aliphatic hydroxyl groups is 11. The zero-order chi connectivity index (χ0) is 78.8. The van der Waals surface area contributed by atoms with Crippen molar-refractivity contribution in [2.45, 2.75) is 478 Å². The van der Waals surface area contributed by atoms with Gasteiger partial charge in [0.05, 0.1) is 38.6 Å². The molecular formula is C90H165NO18. The van der Waals surface area contributed by atoms with Crippen LogP contribution in [0.5, 0.6) is 0 Å². The molecule has 0 aromatic rings. The molecule has 638 valence electrons. The molecule has 109 heavy (non-hydrogen) atoms. The number of hydrogen-bond acceptors (Lipinski definition) is 18. The molecule has 0 aromatic carbocycles. The van der Waals surface area contributed by atoms with Gasteiger partial charge in [-0.3, -0.25) is 4.79 Å². The predicted octanol–water partition coefficient (Wildman–Crippen LogP) is 17.0. The fourth-order valence-corrected chi connectivity index (χ4v) is 15.1. The second-order valence-corrected chi connectivity index (χ2v) is 32.0. The summed E-state index contributed by atoms with van der Waals surface area (Å²) in [7, 11) is 0. The lowest BCUT2D eigenvalue weighted by atomic mass is 9.96. The van der Waals surface area contributed by atoms with Crippen LogP contribution in [-0.2, 0) is 33.2 Å². The van der Waals surface area contributed by atoms with Crippen molar-refractivity contribution in [3.8, 4) is 0 Å². The van der Waals surface area contributed by atoms with E-state index in [2.05, 4.69) is 67.8 Å². The van der Waals surface area contributed by atoms with Gasteiger partial charge < -0.3 is 89.9 Å². The topological polar surface area (TPSA) is 307 Å². The lowest BCUT2D eigenvalue weighted by molar-refractivity contribution is -0.379. The van der Waals surface area contributed by atoms with E-state index in [1.807, 2.05) is 6.08 Å². The van der Waals surface area contributed by atoms with Crippen molar-refractivity contribution in [2.24, 2.45) is 0 Å². The normalized spacial score (nSPS) is 25.5. The Balaban J connectivity index is 1.33. The highest BCUT2D eigenvalue weighted by Gasteiger charge is 2.54. The molecule has 0 aromatic heterocycles. The fraction of sp³-hybridized carbons (Fsp3) is 0.878. The molecule has 0 saturated carbocycles. The first-order valence-corrected chi connectivity index (χ1v) is 45.0. The summed E-state index contributed by atoms with van der Waals surface area (Å²) in [5.41, 5.74) is 0. The summed E-state index contributed by atoms with van der Waals surface area (Å²) in [5.74, 6) is -0.283. The molecule has 3 aliphatic heterocycles. The van der Waals surface area contributed by atoms with Crippen LogP contribution in [0.25, 0.3) is 0 Å². The number of rotatable bonds is 73. The molecule has 0 bridgehead atoms. The maximum atomic E-state index is 13.5. The van der Waals surface area contributed by atoms with E-state index < -0.39 is 124 Å². The number of unbranched alkanes of at least 4 members (excludes halogenated alkanes) is 49. The van der Waals surface area contributed by atoms with Gasteiger partial charge >= 0.3 is 0 Å². The summed E-state index contributed by atoms with van der Waals surface area (Å²) in [5, 5.41) is 121. The number of carbonyl (C=O) groups is 1. The summed E-state index contributed by atoms with van der Waals surface area (Å²) in [6.07, 6.45) is 65.3. The molecule has 12 N–H and O–H groups in total. The van der Waals surface area contributed by atoms with Crippen LogP contribution in [0.15, 0.2) is 60.8 Å². The minimum absolute atomic E-state index is 0.234. The van der Waals surface area contributed by atoms with Crippen molar-refractivity contribution in [3.63, 3.8) is 0 Å². The molecule has 17 atom stereocenters. The molecule has 1 amide bonds. The highest BCUT2D eigenvalue weighted by Crippen LogP contribution is 2.34. The lowest BCUT2D eigenvalue weighted by Gasteiger charge is -2.48. The average molecular weight is 1550 g/mol. The molecule has 17 unspecified atom stereocenters. The van der Waals surface area contributed by atoms with Crippen LogP contribution < -0.4 is 5.32 Å². The predicted molar refractivity (Wildman–Crippen MR) is 439 cm³/mol. The third kappa shape index (κ3) is 48.6. The minimum Gasteiger partial charge on any atom is -0.394 e. The van der Waals surface area contributed by atoms with E-state index in [0.717, 1.165) is 51.4 Å². The maximum absolute atomic E-state index is 13.5. The largest absolute Gasteiger partial charge is 0.394 e. The van der Waals surface area contributed by atoms with Gasteiger partial charge in [0.25, 0.3) is 0 Å². The first-order valence-electron chi connectivity index (χ1n) is 45.0. The average Bonchev–Trinajstić information content (AvgIpc) is 0.760. The number of ether oxygens (including phenoxy) is 6. The number of hydrogen-bond donors (Lipinski definition) is 12. The van der Waals surface area contributed by atoms with Gasteiger partial charge in [0.1, 0.15) is 73.2 Å². The van der Waals surface area contributed by atoms with Crippen LogP contribution in [0.1, 0.15) is 373 Å². The molecule has 3 fully saturated rings. The Hall–Kier alpha value is -2.51. The van der Waals surface area contributed by atoms with Crippen molar-refractivity contribution in [1.82, 2.24) is 5.32 Å². The van der Waals surface area contributed by atoms with Crippen LogP contribution in [0, 0.1) is 0 Å². The molecule has 3 rings (SSSR count). The first-order chi connectivity index (χ1) is 53.3. The first kappa shape index (κ1) is 101. The summed E-state index contributed by atoms with van der Waals surface area (Å²) in [6, 6.07) is -0.999. The van der Waals surface area contributed by atoms with Crippen molar-refractivity contribution < 1.29 is 89.4 Å². The van der Waals surface area contributed by atoms with Gasteiger partial charge in [-0.1, -0.05) is 351 Å². The van der Waals surface area contributed by atoms with E-state index in [9.17, 15) is 61.0 Å². The third-order valence-corrected chi connectivity index (χ3v) is 22.3. The third-order valence-electron chi connectivity index (χ3n) is 22.3. The Bertz CT molecular complexity index is 2200. The molecule has 0 radical (unpaired) electrons. The van der Waals surface area contributed by atoms with Gasteiger partial charge in [0.15, 0.2) is 18.9 Å². The van der Waals surface area contributed by atoms with E-state index in [4.69, 9.17) is 28.4 Å². The Morgan fingerprint density at radius 2 is 0.615 bits per heavy atom. The van der Waals surface area contributed by atoms with Gasteiger partial charge in [0, 0.05) is 6.42 Å². The Labute approximate surface area is 662 Å². The van der Waals surface area contributed by atoms with E-state index in [-0.39, 0.29) is 18.9 Å². The summed E-state index contributed by atoms with van der Waals surface area (Å²) < 4.78 is 34.5. The van der Waals surface area contributed by atoms with Crippen molar-refractivity contribution in [2.75, 3.05) is 26.4 Å². The van der Waals surface area contributed by atoms with Gasteiger partial charge in [-0.15, -0.1) is 0 Å². The smallest absolute Gasteiger partial charge is 0.220 e. The fourth-order valence-electron chi connectivity index (χ4n) is 15.1. The molecule has 19 nitrogen and oxygen atoms in total. The van der Waals surface area contributed by atoms with Crippen LogP contribution in [-0.4, -0.2) is 193 Å². The SMILES string of the molecule is CCCCCCC/C=C\C/C=C\CCCCCCCCCCCCCCCCCCCCCCCCCCCC(=O)NC(COC1OC(CO)C(OC2OC(CO)C(OC3OC(CO)C(O)C(O)C3O)C(O)C2O)C(O)C1O)C(O)/C=C/CC/C=C/CC/C=C/CCCCCCCCCCCCCCCCCCC. The van der Waals surface area contributed by atoms with E-state index in [1.54, 1.807) is 6.08 Å². The minimum atomic E-state index is -1.98. The standard InChI is InChI=1S/C90H165NO18/c1-3-5-7-9-11-13-15-17-19-21-23-25-27-29-31-32-33-34-35-36-37-38-39-40-42-44-46-48-50-52-54-56-58-60-62-64-66-68-78(96)91-73(74(95)67-65-63-61-59-57-55-53-51-49-47-45-43-41-30-28-26-24-22-20-18-16-14-12-10-8-6-4-2)72-104-88-84(102)81(99)86(76(70-93)106-88)109-90-85(103)82(100)87(77(71-94)107-90)108-89-83(101)80(98)79(97)75(69-92)105-89/h15,17,21,23,49,51,57,59,65,67,73-77,79-90,92-95,97-103H,3-14,16,18-20,22,24-48,50,52-56,58,60-64,66,68-72H2,1-2H3,(H,91,96)/b17-15-,23-21-,51-49+,59-57+,67-65+. The van der Waals surface area contributed by atoms with Gasteiger partial charge in [-0.2, -0.15) is 0 Å². The second-order valence-electron chi connectivity index (χ2n) is 32.0. The number of amides is 1. The molecule has 3 heterocycles. The molecule has 0 aliphatic carbocycles. The quantitative estimate of drug-likeness (QED) is 0.0199. The lowest BCUT2D eigenvalue weighted by Crippen LogP contribution is -2.66. The number of nitrogens with one attached hydrogen (secondary N) is 1. The van der Waals surface area contributed by atoms with Crippen molar-refractivity contribution >= 4 is 5.91 Å². The van der Waals surface area contributed by atoms with Crippen molar-refractivity contribution in [1.29, 1.82) is 0 Å². The monoisotopic (exact) mass is 1550 g/mol. The van der Waals surface area contributed by atoms with E-state index in [1.165, 1.54) is 289 Å². The molecule has 0 spiro atoms. The van der Waals surface area contributed by atoms with Gasteiger partial charge in [-0.25, -0.2) is 0 Å². The van der Waals surface area contributed by atoms with Crippen LogP contribution in [0.2, 0.25) is 0 Å². The van der Waals surface area contributed by atoms with Gasteiger partial charge in [0.2, 0.25) is 5.91 Å². The number of aliphatic hydroxyl groups excluding tert-OH is 11. The summed E-state index contributed by atoms with van der Waals surface area (Å²) in [4.78, 5) is 13.5. The highest BCUT2D eigenvalue weighted by molar-refractivity contribution is 5.76. The van der Waals surface area contributed by atoms with Crippen LogP contribution >= 0.6 is 0 Å². The Morgan fingerprint density at radius 3 is 0.972 bits per heavy atom. The Kier molecular flexibility index (Phi) is 64.4. The second kappa shape index (κ2) is 69.8. The molecule has 3 saturated heterocycles.